The highest BCUT2D eigenvalue weighted by atomic mass is 35.5. The topological polar surface area (TPSA) is 83.6 Å². The number of nitrogens with two attached hydrogens (primary N) is 1. The Morgan fingerprint density at radius 1 is 1.50 bits per heavy atom. The second-order valence-corrected chi connectivity index (χ2v) is 3.30. The highest BCUT2D eigenvalue weighted by Crippen LogP contribution is 2.19. The molecule has 0 bridgehead atoms. The largest absolute Gasteiger partial charge is 0.480 e. The standard InChI is InChI=1S/C9H10ClNO3/c10-6-3-1-2-5(4-6)8(12)7(11)9(13)14/h1-4,7-8,12H,11H2,(H,13,14)/t7-,8+/m0/s1. The van der Waals surface area contributed by atoms with E-state index >= 15 is 0 Å². The average Bonchev–Trinajstić information content (AvgIpc) is 2.15. The molecule has 0 aromatic heterocycles. The zero-order chi connectivity index (χ0) is 10.7. The lowest BCUT2D eigenvalue weighted by Gasteiger charge is -2.15. The van der Waals surface area contributed by atoms with Crippen LogP contribution in [0.1, 0.15) is 11.7 Å². The van der Waals surface area contributed by atoms with E-state index in [0.29, 0.717) is 10.6 Å². The third kappa shape index (κ3) is 2.45. The molecule has 0 radical (unpaired) electrons. The van der Waals surface area contributed by atoms with E-state index in [0.717, 1.165) is 0 Å². The summed E-state index contributed by atoms with van der Waals surface area (Å²) in [5.74, 6) is -1.25. The Morgan fingerprint density at radius 2 is 2.14 bits per heavy atom. The van der Waals surface area contributed by atoms with Gasteiger partial charge in [0.15, 0.2) is 0 Å². The first-order valence-electron chi connectivity index (χ1n) is 3.94. The molecule has 0 aliphatic rings. The smallest absolute Gasteiger partial charge is 0.323 e. The van der Waals surface area contributed by atoms with Crippen LogP contribution < -0.4 is 5.73 Å². The van der Waals surface area contributed by atoms with Gasteiger partial charge in [-0.15, -0.1) is 0 Å². The Hall–Kier alpha value is -1.10. The molecule has 0 amide bonds. The van der Waals surface area contributed by atoms with Crippen molar-refractivity contribution in [3.05, 3.63) is 34.9 Å². The van der Waals surface area contributed by atoms with Crippen LogP contribution in [0.15, 0.2) is 24.3 Å². The SMILES string of the molecule is N[C@H](C(=O)O)[C@H](O)c1cccc(Cl)c1. The second-order valence-electron chi connectivity index (χ2n) is 2.86. The van der Waals surface area contributed by atoms with Crippen LogP contribution in [0.5, 0.6) is 0 Å². The summed E-state index contributed by atoms with van der Waals surface area (Å²) in [6.45, 7) is 0. The molecule has 0 spiro atoms. The molecule has 0 aliphatic heterocycles. The van der Waals surface area contributed by atoms with E-state index in [1.165, 1.54) is 6.07 Å². The summed E-state index contributed by atoms with van der Waals surface area (Å²) in [4.78, 5) is 10.5. The number of rotatable bonds is 3. The van der Waals surface area contributed by atoms with Gasteiger partial charge in [0.25, 0.3) is 0 Å². The first kappa shape index (κ1) is 11.0. The summed E-state index contributed by atoms with van der Waals surface area (Å²) in [5, 5.41) is 18.5. The van der Waals surface area contributed by atoms with E-state index in [1.807, 2.05) is 0 Å². The lowest BCUT2D eigenvalue weighted by molar-refractivity contribution is -0.141. The van der Waals surface area contributed by atoms with E-state index < -0.39 is 18.1 Å². The van der Waals surface area contributed by atoms with Gasteiger partial charge < -0.3 is 15.9 Å². The van der Waals surface area contributed by atoms with Gasteiger partial charge in [0.2, 0.25) is 0 Å². The summed E-state index contributed by atoms with van der Waals surface area (Å²) in [6.07, 6.45) is -1.24. The van der Waals surface area contributed by atoms with Crippen LogP contribution in [0.25, 0.3) is 0 Å². The molecule has 0 fully saturated rings. The summed E-state index contributed by atoms with van der Waals surface area (Å²) in [7, 11) is 0. The molecule has 14 heavy (non-hydrogen) atoms. The van der Waals surface area contributed by atoms with Crippen LogP contribution in [0.4, 0.5) is 0 Å². The number of hydrogen-bond donors (Lipinski definition) is 3. The van der Waals surface area contributed by atoms with Crippen molar-refractivity contribution in [3.8, 4) is 0 Å². The van der Waals surface area contributed by atoms with Gasteiger partial charge in [-0.25, -0.2) is 0 Å². The quantitative estimate of drug-likeness (QED) is 0.696. The van der Waals surface area contributed by atoms with Gasteiger partial charge in [0, 0.05) is 5.02 Å². The number of hydrogen-bond acceptors (Lipinski definition) is 3. The third-order valence-corrected chi connectivity index (χ3v) is 2.05. The van der Waals surface area contributed by atoms with Crippen molar-refractivity contribution in [3.63, 3.8) is 0 Å². The molecular formula is C9H10ClNO3. The third-order valence-electron chi connectivity index (χ3n) is 1.82. The van der Waals surface area contributed by atoms with Crippen molar-refractivity contribution in [2.45, 2.75) is 12.1 Å². The Bertz CT molecular complexity index is 343. The molecule has 4 nitrogen and oxygen atoms in total. The van der Waals surface area contributed by atoms with Crippen molar-refractivity contribution in [2.24, 2.45) is 5.73 Å². The molecule has 76 valence electrons. The first-order valence-corrected chi connectivity index (χ1v) is 4.32. The second kappa shape index (κ2) is 4.41. The first-order chi connectivity index (χ1) is 6.52. The van der Waals surface area contributed by atoms with Crippen molar-refractivity contribution in [1.82, 2.24) is 0 Å². The van der Waals surface area contributed by atoms with Gasteiger partial charge in [-0.2, -0.15) is 0 Å². The number of carboxylic acids is 1. The molecule has 0 saturated heterocycles. The minimum atomic E-state index is -1.34. The van der Waals surface area contributed by atoms with Gasteiger partial charge in [-0.3, -0.25) is 4.79 Å². The summed E-state index contributed by atoms with van der Waals surface area (Å²) < 4.78 is 0. The zero-order valence-corrected chi connectivity index (χ0v) is 7.98. The Kier molecular flexibility index (Phi) is 3.46. The van der Waals surface area contributed by atoms with Crippen LogP contribution in [0.2, 0.25) is 5.02 Å². The number of carboxylic acid groups (broad SMARTS) is 1. The molecule has 2 atom stereocenters. The fourth-order valence-electron chi connectivity index (χ4n) is 1.03. The normalized spacial score (nSPS) is 14.8. The van der Waals surface area contributed by atoms with Crippen LogP contribution in [-0.2, 0) is 4.79 Å². The van der Waals surface area contributed by atoms with Crippen LogP contribution in [0, 0.1) is 0 Å². The number of carbonyl (C=O) groups is 1. The Labute approximate surface area is 85.9 Å². The molecule has 0 aliphatic carbocycles. The molecule has 1 aromatic carbocycles. The maximum absolute atomic E-state index is 10.5. The Morgan fingerprint density at radius 3 is 2.64 bits per heavy atom. The van der Waals surface area contributed by atoms with Crippen molar-refractivity contribution in [1.29, 1.82) is 0 Å². The Balaban J connectivity index is 2.89. The van der Waals surface area contributed by atoms with E-state index in [9.17, 15) is 9.90 Å². The lowest BCUT2D eigenvalue weighted by Crippen LogP contribution is -2.36. The van der Waals surface area contributed by atoms with Gasteiger partial charge in [0.05, 0.1) is 0 Å². The van der Waals surface area contributed by atoms with E-state index in [1.54, 1.807) is 18.2 Å². The molecule has 0 unspecified atom stereocenters. The molecular weight excluding hydrogens is 206 g/mol. The fraction of sp³-hybridized carbons (Fsp3) is 0.222. The summed E-state index contributed by atoms with van der Waals surface area (Å²) in [6, 6.07) is 4.96. The number of aliphatic hydroxyl groups excluding tert-OH is 1. The summed E-state index contributed by atoms with van der Waals surface area (Å²) in [5.41, 5.74) is 5.65. The lowest BCUT2D eigenvalue weighted by atomic mass is 10.0. The van der Waals surface area contributed by atoms with Crippen LogP contribution in [0.3, 0.4) is 0 Å². The molecule has 5 heteroatoms. The predicted octanol–water partition coefficient (Wildman–Crippen LogP) is 0.785. The number of aliphatic carboxylic acids is 1. The maximum Gasteiger partial charge on any atom is 0.323 e. The molecule has 0 saturated carbocycles. The van der Waals surface area contributed by atoms with Crippen molar-refractivity contribution in [2.75, 3.05) is 0 Å². The van der Waals surface area contributed by atoms with Crippen molar-refractivity contribution < 1.29 is 15.0 Å². The van der Waals surface area contributed by atoms with Gasteiger partial charge in [-0.05, 0) is 17.7 Å². The minimum Gasteiger partial charge on any atom is -0.480 e. The maximum atomic E-state index is 10.5. The molecule has 1 rings (SSSR count). The molecule has 1 aromatic rings. The molecule has 4 N–H and O–H groups in total. The molecule has 0 heterocycles. The van der Waals surface area contributed by atoms with Gasteiger partial charge in [0.1, 0.15) is 12.1 Å². The van der Waals surface area contributed by atoms with Crippen molar-refractivity contribution >= 4 is 17.6 Å². The zero-order valence-electron chi connectivity index (χ0n) is 7.22. The number of halogens is 1. The van der Waals surface area contributed by atoms with Crippen LogP contribution >= 0.6 is 11.6 Å². The van der Waals surface area contributed by atoms with E-state index in [2.05, 4.69) is 0 Å². The van der Waals surface area contributed by atoms with E-state index in [4.69, 9.17) is 22.4 Å². The van der Waals surface area contributed by atoms with Gasteiger partial charge >= 0.3 is 5.97 Å². The summed E-state index contributed by atoms with van der Waals surface area (Å²) >= 11 is 5.67. The number of aliphatic hydroxyl groups is 1. The highest BCUT2D eigenvalue weighted by Gasteiger charge is 2.23. The monoisotopic (exact) mass is 215 g/mol. The predicted molar refractivity (Wildman–Crippen MR) is 52.0 cm³/mol. The highest BCUT2D eigenvalue weighted by molar-refractivity contribution is 6.30. The van der Waals surface area contributed by atoms with Crippen LogP contribution in [-0.4, -0.2) is 22.2 Å². The fourth-order valence-corrected chi connectivity index (χ4v) is 1.23. The number of benzene rings is 1. The minimum absolute atomic E-state index is 0.396. The van der Waals surface area contributed by atoms with E-state index in [-0.39, 0.29) is 0 Å². The van der Waals surface area contributed by atoms with Gasteiger partial charge in [-0.1, -0.05) is 23.7 Å². The average molecular weight is 216 g/mol.